The zero-order valence-electron chi connectivity index (χ0n) is 8.83. The summed E-state index contributed by atoms with van der Waals surface area (Å²) in [4.78, 5) is 0. The molecule has 0 heterocycles. The molecule has 0 aromatic rings. The van der Waals surface area contributed by atoms with Crippen molar-refractivity contribution in [3.05, 3.63) is 22.8 Å². The smallest absolute Gasteiger partial charge is 1.00 e. The summed E-state index contributed by atoms with van der Waals surface area (Å²) in [6.07, 6.45) is 2.41. The SMILES string of the molecule is CC1=CC(C)([SiH3])C(C)=C1C.[Cl-].[Cl-].[Zr+2]. The molecule has 1 aliphatic carbocycles. The van der Waals surface area contributed by atoms with E-state index in [0.717, 1.165) is 0 Å². The Morgan fingerprint density at radius 3 is 1.62 bits per heavy atom. The summed E-state index contributed by atoms with van der Waals surface area (Å²) in [5.41, 5.74) is 4.57. The van der Waals surface area contributed by atoms with Crippen molar-refractivity contribution in [2.24, 2.45) is 0 Å². The van der Waals surface area contributed by atoms with Gasteiger partial charge in [0.05, 0.1) is 0 Å². The first-order chi connectivity index (χ1) is 4.45. The molecule has 0 radical (unpaired) electrons. The molecular weight excluding hydrogens is 298 g/mol. The Kier molecular flexibility index (Phi) is 10.0. The van der Waals surface area contributed by atoms with Crippen LogP contribution in [-0.4, -0.2) is 10.2 Å². The van der Waals surface area contributed by atoms with Gasteiger partial charge >= 0.3 is 26.2 Å². The number of halogens is 2. The summed E-state index contributed by atoms with van der Waals surface area (Å²) in [7, 11) is 1.24. The molecule has 1 rings (SSSR count). The van der Waals surface area contributed by atoms with E-state index in [4.69, 9.17) is 0 Å². The Balaban J connectivity index is -0.000000333. The van der Waals surface area contributed by atoms with Gasteiger partial charge in [-0.2, -0.15) is 0 Å². The van der Waals surface area contributed by atoms with E-state index >= 15 is 0 Å². The molecule has 1 unspecified atom stereocenters. The van der Waals surface area contributed by atoms with Gasteiger partial charge in [0.1, 0.15) is 0 Å². The van der Waals surface area contributed by atoms with Gasteiger partial charge in [-0.15, -0.1) is 0 Å². The number of rotatable bonds is 0. The topological polar surface area (TPSA) is 0 Å². The molecule has 0 aromatic carbocycles. The number of hydrogen-bond acceptors (Lipinski definition) is 0. The first-order valence-electron chi connectivity index (χ1n) is 3.83. The first-order valence-corrected chi connectivity index (χ1v) is 4.83. The van der Waals surface area contributed by atoms with Gasteiger partial charge in [-0.25, -0.2) is 0 Å². The summed E-state index contributed by atoms with van der Waals surface area (Å²) in [6, 6.07) is 0. The van der Waals surface area contributed by atoms with Gasteiger partial charge in [0.25, 0.3) is 0 Å². The van der Waals surface area contributed by atoms with Crippen LogP contribution in [0.5, 0.6) is 0 Å². The van der Waals surface area contributed by atoms with Crippen LogP contribution in [-0.2, 0) is 26.2 Å². The molecule has 0 nitrogen and oxygen atoms in total. The van der Waals surface area contributed by atoms with Crippen molar-refractivity contribution < 1.29 is 51.0 Å². The minimum Gasteiger partial charge on any atom is -1.00 e. The molecule has 74 valence electrons. The van der Waals surface area contributed by atoms with E-state index in [1.54, 1.807) is 5.57 Å². The van der Waals surface area contributed by atoms with E-state index in [9.17, 15) is 0 Å². The van der Waals surface area contributed by atoms with Crippen LogP contribution in [0, 0.1) is 0 Å². The fraction of sp³-hybridized carbons (Fsp3) is 0.556. The van der Waals surface area contributed by atoms with Crippen molar-refractivity contribution in [3.63, 3.8) is 0 Å². The summed E-state index contributed by atoms with van der Waals surface area (Å²) in [5.74, 6) is 0. The molecule has 0 fully saturated rings. The second-order valence-electron chi connectivity index (χ2n) is 3.80. The van der Waals surface area contributed by atoms with Gasteiger partial charge in [-0.05, 0) is 31.4 Å². The Morgan fingerprint density at radius 2 is 1.54 bits per heavy atom. The molecule has 0 saturated carbocycles. The van der Waals surface area contributed by atoms with Crippen molar-refractivity contribution in [1.29, 1.82) is 0 Å². The van der Waals surface area contributed by atoms with Gasteiger partial charge in [0.2, 0.25) is 0 Å². The maximum atomic E-state index is 2.41. The van der Waals surface area contributed by atoms with Gasteiger partial charge in [-0.3, -0.25) is 0 Å². The molecule has 0 amide bonds. The maximum absolute atomic E-state index is 2.41. The van der Waals surface area contributed by atoms with Crippen molar-refractivity contribution in [1.82, 2.24) is 0 Å². The van der Waals surface area contributed by atoms with Crippen molar-refractivity contribution in [3.8, 4) is 0 Å². The Morgan fingerprint density at radius 1 is 1.15 bits per heavy atom. The summed E-state index contributed by atoms with van der Waals surface area (Å²) in [6.45, 7) is 9.02. The van der Waals surface area contributed by atoms with Crippen LogP contribution in [0.15, 0.2) is 22.8 Å². The Labute approximate surface area is 116 Å². The van der Waals surface area contributed by atoms with E-state index in [0.29, 0.717) is 5.04 Å². The summed E-state index contributed by atoms with van der Waals surface area (Å²) < 4.78 is 0. The Bertz CT molecular complexity index is 232. The second-order valence-corrected chi connectivity index (χ2v) is 5.88. The maximum Gasteiger partial charge on any atom is 2.00 e. The molecule has 0 aliphatic heterocycles. The van der Waals surface area contributed by atoms with Crippen LogP contribution in [0.25, 0.3) is 0 Å². The van der Waals surface area contributed by atoms with Gasteiger partial charge in [0.15, 0.2) is 0 Å². The molecule has 4 heteroatoms. The van der Waals surface area contributed by atoms with Crippen molar-refractivity contribution >= 4 is 10.2 Å². The zero-order valence-corrected chi connectivity index (χ0v) is 14.8. The largest absolute Gasteiger partial charge is 2.00 e. The molecule has 0 N–H and O–H groups in total. The number of allylic oxidation sites excluding steroid dienone is 4. The third-order valence-corrected chi connectivity index (χ3v) is 3.74. The molecule has 0 aromatic heterocycles. The predicted molar refractivity (Wildman–Crippen MR) is 50.4 cm³/mol. The van der Waals surface area contributed by atoms with E-state index in [1.807, 2.05) is 0 Å². The molecule has 1 aliphatic rings. The fourth-order valence-corrected chi connectivity index (χ4v) is 2.34. The molecule has 1 atom stereocenters. The van der Waals surface area contributed by atoms with Crippen LogP contribution in [0.1, 0.15) is 27.7 Å². The molecular formula is C9H16Cl2SiZr. The van der Waals surface area contributed by atoms with Gasteiger partial charge in [-0.1, -0.05) is 24.1 Å². The minimum absolute atomic E-state index is 0. The van der Waals surface area contributed by atoms with Crippen LogP contribution in [0.3, 0.4) is 0 Å². The minimum atomic E-state index is 0. The monoisotopic (exact) mass is 312 g/mol. The third-order valence-electron chi connectivity index (χ3n) is 2.70. The molecule has 0 bridgehead atoms. The predicted octanol–water partition coefficient (Wildman–Crippen LogP) is -4.17. The molecule has 0 spiro atoms. The second kappa shape index (κ2) is 6.61. The number of hydrogen-bond donors (Lipinski definition) is 0. The average Bonchev–Trinajstić information content (AvgIpc) is 1.95. The van der Waals surface area contributed by atoms with Crippen LogP contribution < -0.4 is 24.8 Å². The van der Waals surface area contributed by atoms with Crippen LogP contribution >= 0.6 is 0 Å². The zero-order chi connectivity index (χ0) is 7.94. The standard InChI is InChI=1S/C9H16Si.2ClH.Zr/c1-6-5-9(4,10)8(3)7(6)2;;;/h5H,1-4,10H3;2*1H;/q;;;+2/p-2. The third kappa shape index (κ3) is 4.03. The van der Waals surface area contributed by atoms with Gasteiger partial charge < -0.3 is 24.8 Å². The van der Waals surface area contributed by atoms with Crippen LogP contribution in [0.4, 0.5) is 0 Å². The summed E-state index contributed by atoms with van der Waals surface area (Å²) >= 11 is 0. The van der Waals surface area contributed by atoms with Crippen molar-refractivity contribution in [2.75, 3.05) is 0 Å². The quantitative estimate of drug-likeness (QED) is 0.398. The normalized spacial score (nSPS) is 25.7. The van der Waals surface area contributed by atoms with Crippen LogP contribution in [0.2, 0.25) is 5.04 Å². The summed E-state index contributed by atoms with van der Waals surface area (Å²) in [5, 5.41) is 0.453. The fourth-order valence-electron chi connectivity index (χ4n) is 1.54. The van der Waals surface area contributed by atoms with E-state index in [2.05, 4.69) is 33.8 Å². The van der Waals surface area contributed by atoms with Gasteiger partial charge in [0, 0.05) is 10.2 Å². The molecule has 0 saturated heterocycles. The van der Waals surface area contributed by atoms with E-state index < -0.39 is 0 Å². The Hall–Kier alpha value is 1.16. The first kappa shape index (κ1) is 19.7. The molecule has 13 heavy (non-hydrogen) atoms. The van der Waals surface area contributed by atoms with Crippen molar-refractivity contribution in [2.45, 2.75) is 32.7 Å². The van der Waals surface area contributed by atoms with E-state index in [1.165, 1.54) is 21.4 Å². The average molecular weight is 314 g/mol. The van der Waals surface area contributed by atoms with E-state index in [-0.39, 0.29) is 51.0 Å².